The van der Waals surface area contributed by atoms with Crippen LogP contribution in [-0.2, 0) is 0 Å². The number of fused-ring (bicyclic) bond motifs is 2. The third kappa shape index (κ3) is 2.30. The van der Waals surface area contributed by atoms with Gasteiger partial charge in [-0.3, -0.25) is 4.79 Å². The van der Waals surface area contributed by atoms with Crippen LogP contribution in [-0.4, -0.2) is 30.5 Å². The fourth-order valence-corrected chi connectivity index (χ4v) is 2.84. The maximum atomic E-state index is 12.6. The van der Waals surface area contributed by atoms with Crippen LogP contribution in [0.5, 0.6) is 0 Å². The second-order valence-corrected chi connectivity index (χ2v) is 5.84. The first kappa shape index (κ1) is 14.4. The topological polar surface area (TPSA) is 88.0 Å². The molecule has 0 bridgehead atoms. The standard InChI is InChI=1S/C17H16N6O/c1-9-6-10(2)23-16(19-9)13(8-18-23)17(24)22-12-4-5-14-15(7-12)21-11(3)20-14/h4-8H,1-3H3,(H,20,21)(H,22,24). The normalized spacial score (nSPS) is 11.3. The molecule has 24 heavy (non-hydrogen) atoms. The van der Waals surface area contributed by atoms with Crippen LogP contribution in [0.1, 0.15) is 27.6 Å². The molecule has 1 amide bonds. The Hall–Kier alpha value is -3.22. The average molecular weight is 320 g/mol. The highest BCUT2D eigenvalue weighted by molar-refractivity contribution is 6.08. The lowest BCUT2D eigenvalue weighted by Crippen LogP contribution is -2.12. The van der Waals surface area contributed by atoms with Crippen LogP contribution in [0.25, 0.3) is 16.7 Å². The summed E-state index contributed by atoms with van der Waals surface area (Å²) in [5, 5.41) is 7.15. The molecule has 7 nitrogen and oxygen atoms in total. The van der Waals surface area contributed by atoms with Gasteiger partial charge in [0.1, 0.15) is 11.4 Å². The van der Waals surface area contributed by atoms with Gasteiger partial charge in [0.25, 0.3) is 5.91 Å². The number of imidazole rings is 1. The highest BCUT2D eigenvalue weighted by Crippen LogP contribution is 2.19. The molecule has 4 aromatic rings. The minimum Gasteiger partial charge on any atom is -0.342 e. The van der Waals surface area contributed by atoms with Gasteiger partial charge in [-0.1, -0.05) is 0 Å². The predicted molar refractivity (Wildman–Crippen MR) is 91.2 cm³/mol. The number of carbonyl (C=O) groups is 1. The highest BCUT2D eigenvalue weighted by Gasteiger charge is 2.16. The van der Waals surface area contributed by atoms with E-state index in [2.05, 4.69) is 25.4 Å². The first-order chi connectivity index (χ1) is 11.5. The SMILES string of the molecule is Cc1cc(C)n2ncc(C(=O)Nc3ccc4nc(C)[nH]c4c3)c2n1. The molecule has 0 aliphatic carbocycles. The number of hydrogen-bond acceptors (Lipinski definition) is 4. The zero-order valence-corrected chi connectivity index (χ0v) is 13.6. The fraction of sp³-hybridized carbons (Fsp3) is 0.176. The summed E-state index contributed by atoms with van der Waals surface area (Å²) in [5.74, 6) is 0.601. The third-order valence-corrected chi connectivity index (χ3v) is 3.88. The van der Waals surface area contributed by atoms with E-state index in [0.29, 0.717) is 16.9 Å². The van der Waals surface area contributed by atoms with Crippen molar-refractivity contribution in [2.45, 2.75) is 20.8 Å². The molecule has 0 spiro atoms. The van der Waals surface area contributed by atoms with Gasteiger partial charge in [-0.05, 0) is 45.0 Å². The molecule has 0 aliphatic heterocycles. The lowest BCUT2D eigenvalue weighted by atomic mass is 10.2. The molecule has 3 aromatic heterocycles. The van der Waals surface area contributed by atoms with Crippen molar-refractivity contribution in [1.29, 1.82) is 0 Å². The maximum absolute atomic E-state index is 12.6. The van der Waals surface area contributed by atoms with E-state index < -0.39 is 0 Å². The summed E-state index contributed by atoms with van der Waals surface area (Å²) in [6.07, 6.45) is 1.54. The molecule has 1 aromatic carbocycles. The number of nitrogens with one attached hydrogen (secondary N) is 2. The van der Waals surface area contributed by atoms with E-state index >= 15 is 0 Å². The van der Waals surface area contributed by atoms with Crippen LogP contribution in [0.2, 0.25) is 0 Å². The Morgan fingerprint density at radius 2 is 2.00 bits per heavy atom. The molecular formula is C17H16N6O. The van der Waals surface area contributed by atoms with E-state index in [0.717, 1.165) is 28.2 Å². The van der Waals surface area contributed by atoms with Crippen LogP contribution >= 0.6 is 0 Å². The molecule has 3 heterocycles. The maximum Gasteiger partial charge on any atom is 0.261 e. The van der Waals surface area contributed by atoms with Gasteiger partial charge in [0, 0.05) is 17.1 Å². The third-order valence-electron chi connectivity index (χ3n) is 3.88. The van der Waals surface area contributed by atoms with E-state index in [1.54, 1.807) is 10.7 Å². The monoisotopic (exact) mass is 320 g/mol. The second kappa shape index (κ2) is 5.16. The number of hydrogen-bond donors (Lipinski definition) is 2. The Morgan fingerprint density at radius 3 is 2.83 bits per heavy atom. The minimum absolute atomic E-state index is 0.238. The van der Waals surface area contributed by atoms with E-state index in [1.165, 1.54) is 0 Å². The van der Waals surface area contributed by atoms with Gasteiger partial charge < -0.3 is 10.3 Å². The van der Waals surface area contributed by atoms with Crippen LogP contribution in [0, 0.1) is 20.8 Å². The molecule has 0 aliphatic rings. The van der Waals surface area contributed by atoms with Crippen molar-refractivity contribution >= 4 is 28.3 Å². The summed E-state index contributed by atoms with van der Waals surface area (Å²) in [4.78, 5) is 24.6. The van der Waals surface area contributed by atoms with Gasteiger partial charge in [-0.2, -0.15) is 5.10 Å². The quantitative estimate of drug-likeness (QED) is 0.594. The average Bonchev–Trinajstić information content (AvgIpc) is 3.09. The number of H-pyrrole nitrogens is 1. The van der Waals surface area contributed by atoms with E-state index in [9.17, 15) is 4.79 Å². The first-order valence-electron chi connectivity index (χ1n) is 7.61. The summed E-state index contributed by atoms with van der Waals surface area (Å²) in [6, 6.07) is 7.49. The molecule has 0 unspecified atom stereocenters. The lowest BCUT2D eigenvalue weighted by molar-refractivity contribution is 0.102. The van der Waals surface area contributed by atoms with Gasteiger partial charge in [-0.15, -0.1) is 0 Å². The van der Waals surface area contributed by atoms with Crippen molar-refractivity contribution in [2.24, 2.45) is 0 Å². The summed E-state index contributed by atoms with van der Waals surface area (Å²) in [5.41, 5.74) is 5.24. The van der Waals surface area contributed by atoms with Crippen molar-refractivity contribution < 1.29 is 4.79 Å². The number of benzene rings is 1. The molecule has 0 radical (unpaired) electrons. The number of amides is 1. The Kier molecular flexibility index (Phi) is 3.09. The summed E-state index contributed by atoms with van der Waals surface area (Å²) < 4.78 is 1.67. The zero-order chi connectivity index (χ0) is 16.8. The number of anilines is 1. The molecular weight excluding hydrogens is 304 g/mol. The number of aryl methyl sites for hydroxylation is 3. The van der Waals surface area contributed by atoms with Crippen LogP contribution in [0.3, 0.4) is 0 Å². The molecule has 0 saturated carbocycles. The summed E-state index contributed by atoms with van der Waals surface area (Å²) >= 11 is 0. The van der Waals surface area contributed by atoms with E-state index in [4.69, 9.17) is 0 Å². The molecule has 7 heteroatoms. The van der Waals surface area contributed by atoms with Crippen molar-refractivity contribution in [2.75, 3.05) is 5.32 Å². The predicted octanol–water partition coefficient (Wildman–Crippen LogP) is 2.78. The zero-order valence-electron chi connectivity index (χ0n) is 13.6. The van der Waals surface area contributed by atoms with Gasteiger partial charge in [0.15, 0.2) is 5.65 Å². The Balaban J connectivity index is 1.70. The Labute approximate surface area is 137 Å². The Bertz CT molecular complexity index is 1090. The van der Waals surface area contributed by atoms with Crippen LogP contribution in [0.15, 0.2) is 30.5 Å². The van der Waals surface area contributed by atoms with Crippen molar-refractivity contribution in [3.05, 3.63) is 53.2 Å². The smallest absolute Gasteiger partial charge is 0.261 e. The Morgan fingerprint density at radius 1 is 1.17 bits per heavy atom. The fourth-order valence-electron chi connectivity index (χ4n) is 2.84. The van der Waals surface area contributed by atoms with Crippen LogP contribution < -0.4 is 5.32 Å². The van der Waals surface area contributed by atoms with E-state index in [1.807, 2.05) is 45.0 Å². The van der Waals surface area contributed by atoms with Crippen molar-refractivity contribution in [3.8, 4) is 0 Å². The largest absolute Gasteiger partial charge is 0.342 e. The lowest BCUT2D eigenvalue weighted by Gasteiger charge is -2.05. The molecule has 0 atom stereocenters. The van der Waals surface area contributed by atoms with Crippen molar-refractivity contribution in [1.82, 2.24) is 24.6 Å². The highest BCUT2D eigenvalue weighted by atomic mass is 16.1. The first-order valence-corrected chi connectivity index (χ1v) is 7.61. The summed E-state index contributed by atoms with van der Waals surface area (Å²) in [6.45, 7) is 5.73. The van der Waals surface area contributed by atoms with Crippen LogP contribution in [0.4, 0.5) is 5.69 Å². The van der Waals surface area contributed by atoms with Gasteiger partial charge in [0.05, 0.1) is 17.2 Å². The molecule has 0 fully saturated rings. The minimum atomic E-state index is -0.238. The van der Waals surface area contributed by atoms with Crippen molar-refractivity contribution in [3.63, 3.8) is 0 Å². The molecule has 4 rings (SSSR count). The number of carbonyl (C=O) groups excluding carboxylic acids is 1. The van der Waals surface area contributed by atoms with Gasteiger partial charge >= 0.3 is 0 Å². The number of aromatic nitrogens is 5. The number of aromatic amines is 1. The van der Waals surface area contributed by atoms with Gasteiger partial charge in [0.2, 0.25) is 0 Å². The number of nitrogens with zero attached hydrogens (tertiary/aromatic N) is 4. The molecule has 120 valence electrons. The molecule has 2 N–H and O–H groups in total. The number of rotatable bonds is 2. The van der Waals surface area contributed by atoms with E-state index in [-0.39, 0.29) is 5.91 Å². The second-order valence-electron chi connectivity index (χ2n) is 5.84. The molecule has 0 saturated heterocycles. The van der Waals surface area contributed by atoms with Gasteiger partial charge in [-0.25, -0.2) is 14.5 Å². The summed E-state index contributed by atoms with van der Waals surface area (Å²) in [7, 11) is 0.